The molecule has 1 aromatic carbocycles. The first kappa shape index (κ1) is 14.7. The molecule has 7 heteroatoms. The number of halogens is 1. The van der Waals surface area contributed by atoms with Crippen LogP contribution >= 0.6 is 11.6 Å². The van der Waals surface area contributed by atoms with Gasteiger partial charge in [-0.25, -0.2) is 0 Å². The molecule has 0 spiro atoms. The van der Waals surface area contributed by atoms with Gasteiger partial charge in [0, 0.05) is 19.0 Å². The number of nitrogens with one attached hydrogen (secondary N) is 1. The van der Waals surface area contributed by atoms with Crippen LogP contribution in [0.15, 0.2) is 18.2 Å². The third-order valence-electron chi connectivity index (χ3n) is 2.60. The summed E-state index contributed by atoms with van der Waals surface area (Å²) in [6.45, 7) is 0. The molecule has 6 nitrogen and oxygen atoms in total. The maximum atomic E-state index is 10.9. The van der Waals surface area contributed by atoms with Crippen molar-refractivity contribution < 1.29 is 15.1 Å². The van der Waals surface area contributed by atoms with Gasteiger partial charge in [0.25, 0.3) is 5.69 Å². The zero-order valence-electron chi connectivity index (χ0n) is 9.84. The number of hydrogen-bond acceptors (Lipinski definition) is 5. The number of nitro groups is 1. The van der Waals surface area contributed by atoms with Crippen LogP contribution in [0.3, 0.4) is 0 Å². The van der Waals surface area contributed by atoms with Crippen molar-refractivity contribution in [2.75, 3.05) is 18.2 Å². The van der Waals surface area contributed by atoms with Crippen LogP contribution in [0.25, 0.3) is 0 Å². The molecule has 0 aliphatic carbocycles. The number of anilines is 1. The summed E-state index contributed by atoms with van der Waals surface area (Å²) in [5.41, 5.74) is 0.494. The topological polar surface area (TPSA) is 95.6 Å². The van der Waals surface area contributed by atoms with Crippen molar-refractivity contribution >= 4 is 23.0 Å². The highest BCUT2D eigenvalue weighted by Crippen LogP contribution is 2.29. The molecule has 1 aromatic rings. The van der Waals surface area contributed by atoms with Crippen molar-refractivity contribution in [1.29, 1.82) is 0 Å². The minimum absolute atomic E-state index is 0.146. The largest absolute Gasteiger partial charge is 0.390 e. The van der Waals surface area contributed by atoms with Crippen molar-refractivity contribution in [2.45, 2.75) is 18.6 Å². The number of aliphatic hydroxyl groups excluding tert-OH is 2. The number of rotatable bonds is 6. The van der Waals surface area contributed by atoms with Gasteiger partial charge in [0.05, 0.1) is 11.0 Å². The predicted octanol–water partition coefficient (Wildman–Crippen LogP) is 1.66. The first-order valence-electron chi connectivity index (χ1n) is 5.39. The van der Waals surface area contributed by atoms with Gasteiger partial charge in [-0.3, -0.25) is 10.1 Å². The van der Waals surface area contributed by atoms with Crippen LogP contribution in [-0.2, 0) is 0 Å². The molecule has 0 aliphatic rings. The van der Waals surface area contributed by atoms with Gasteiger partial charge in [-0.15, -0.1) is 11.6 Å². The van der Waals surface area contributed by atoms with Crippen LogP contribution in [0.5, 0.6) is 0 Å². The molecule has 1 rings (SSSR count). The first-order chi connectivity index (χ1) is 8.51. The SMILES string of the molecule is CNc1ccc(C(O)C(O)CCCl)cc1[N+](=O)[O-]. The Morgan fingerprint density at radius 2 is 2.17 bits per heavy atom. The molecule has 0 fully saturated rings. The lowest BCUT2D eigenvalue weighted by atomic mass is 10.0. The first-order valence-corrected chi connectivity index (χ1v) is 5.93. The molecule has 0 amide bonds. The number of nitro benzene ring substituents is 1. The minimum atomic E-state index is -1.19. The maximum Gasteiger partial charge on any atom is 0.292 e. The lowest BCUT2D eigenvalue weighted by Crippen LogP contribution is -2.18. The van der Waals surface area contributed by atoms with E-state index in [9.17, 15) is 20.3 Å². The van der Waals surface area contributed by atoms with Crippen molar-refractivity contribution in [2.24, 2.45) is 0 Å². The molecule has 18 heavy (non-hydrogen) atoms. The number of alkyl halides is 1. The Kier molecular flexibility index (Phi) is 5.33. The monoisotopic (exact) mass is 274 g/mol. The number of hydrogen-bond donors (Lipinski definition) is 3. The molecule has 100 valence electrons. The van der Waals surface area contributed by atoms with Gasteiger partial charge in [0.1, 0.15) is 11.8 Å². The summed E-state index contributed by atoms with van der Waals surface area (Å²) < 4.78 is 0. The molecule has 0 bridgehead atoms. The molecular weight excluding hydrogens is 260 g/mol. The Morgan fingerprint density at radius 1 is 1.50 bits per heavy atom. The lowest BCUT2D eigenvalue weighted by molar-refractivity contribution is -0.384. The molecule has 0 saturated heterocycles. The summed E-state index contributed by atoms with van der Waals surface area (Å²) >= 11 is 5.47. The van der Waals surface area contributed by atoms with Crippen molar-refractivity contribution in [3.8, 4) is 0 Å². The highest BCUT2D eigenvalue weighted by Gasteiger charge is 2.21. The second kappa shape index (κ2) is 6.53. The Hall–Kier alpha value is -1.37. The second-order valence-corrected chi connectivity index (χ2v) is 4.15. The van der Waals surface area contributed by atoms with E-state index in [-0.39, 0.29) is 18.0 Å². The summed E-state index contributed by atoms with van der Waals surface area (Å²) in [5.74, 6) is 0.203. The Labute approximate surface area is 109 Å². The van der Waals surface area contributed by atoms with Crippen LogP contribution < -0.4 is 5.32 Å². The summed E-state index contributed by atoms with van der Waals surface area (Å²) in [7, 11) is 1.57. The lowest BCUT2D eigenvalue weighted by Gasteiger charge is -2.17. The molecule has 2 unspecified atom stereocenters. The third-order valence-corrected chi connectivity index (χ3v) is 2.82. The van der Waals surface area contributed by atoms with E-state index in [4.69, 9.17) is 11.6 Å². The summed E-state index contributed by atoms with van der Waals surface area (Å²) in [5, 5.41) is 33.0. The molecular formula is C11H15ClN2O4. The summed E-state index contributed by atoms with van der Waals surface area (Å²) in [4.78, 5) is 10.3. The molecule has 0 aromatic heterocycles. The second-order valence-electron chi connectivity index (χ2n) is 3.77. The molecule has 0 aliphatic heterocycles. The molecule has 3 N–H and O–H groups in total. The van der Waals surface area contributed by atoms with Crippen LogP contribution in [0.2, 0.25) is 0 Å². The van der Waals surface area contributed by atoms with E-state index >= 15 is 0 Å². The average molecular weight is 275 g/mol. The van der Waals surface area contributed by atoms with Crippen molar-refractivity contribution in [3.63, 3.8) is 0 Å². The average Bonchev–Trinajstić information content (AvgIpc) is 2.37. The van der Waals surface area contributed by atoms with Gasteiger partial charge in [-0.05, 0) is 18.1 Å². The van der Waals surface area contributed by atoms with Crippen LogP contribution in [-0.4, -0.2) is 34.2 Å². The van der Waals surface area contributed by atoms with Gasteiger partial charge >= 0.3 is 0 Å². The van der Waals surface area contributed by atoms with E-state index in [2.05, 4.69) is 5.32 Å². The zero-order valence-corrected chi connectivity index (χ0v) is 10.6. The summed E-state index contributed by atoms with van der Waals surface area (Å²) in [6, 6.07) is 4.26. The fourth-order valence-corrected chi connectivity index (χ4v) is 1.81. The van der Waals surface area contributed by atoms with Crippen molar-refractivity contribution in [3.05, 3.63) is 33.9 Å². The highest BCUT2D eigenvalue weighted by molar-refractivity contribution is 6.17. The van der Waals surface area contributed by atoms with Crippen LogP contribution in [0.4, 0.5) is 11.4 Å². The Balaban J connectivity index is 3.04. The molecule has 0 saturated carbocycles. The molecule has 0 radical (unpaired) electrons. The quantitative estimate of drug-likeness (QED) is 0.416. The summed E-state index contributed by atoms with van der Waals surface area (Å²) in [6.07, 6.45) is -2.01. The normalized spacial score (nSPS) is 14.0. The van der Waals surface area contributed by atoms with Gasteiger partial charge in [0.2, 0.25) is 0 Å². The van der Waals surface area contributed by atoms with Gasteiger partial charge in [0.15, 0.2) is 0 Å². The van der Waals surface area contributed by atoms with Crippen LogP contribution in [0, 0.1) is 10.1 Å². The minimum Gasteiger partial charge on any atom is -0.390 e. The maximum absolute atomic E-state index is 10.9. The predicted molar refractivity (Wildman–Crippen MR) is 68.9 cm³/mol. The Bertz CT molecular complexity index is 428. The molecule has 2 atom stereocenters. The van der Waals surface area contributed by atoms with E-state index in [0.29, 0.717) is 11.3 Å². The van der Waals surface area contributed by atoms with E-state index in [1.807, 2.05) is 0 Å². The highest BCUT2D eigenvalue weighted by atomic mass is 35.5. The van der Waals surface area contributed by atoms with E-state index < -0.39 is 17.1 Å². The number of benzene rings is 1. The van der Waals surface area contributed by atoms with Gasteiger partial charge in [-0.2, -0.15) is 0 Å². The van der Waals surface area contributed by atoms with E-state index in [0.717, 1.165) is 0 Å². The van der Waals surface area contributed by atoms with Crippen molar-refractivity contribution in [1.82, 2.24) is 0 Å². The van der Waals surface area contributed by atoms with E-state index in [1.165, 1.54) is 18.2 Å². The fraction of sp³-hybridized carbons (Fsp3) is 0.455. The smallest absolute Gasteiger partial charge is 0.292 e. The van der Waals surface area contributed by atoms with Gasteiger partial charge < -0.3 is 15.5 Å². The van der Waals surface area contributed by atoms with Crippen LogP contribution in [0.1, 0.15) is 18.1 Å². The standard InChI is InChI=1S/C11H15ClN2O4/c1-13-8-3-2-7(6-9(8)14(17)18)11(16)10(15)4-5-12/h2-3,6,10-11,13,15-16H,4-5H2,1H3. The fourth-order valence-electron chi connectivity index (χ4n) is 1.59. The number of aliphatic hydroxyl groups is 2. The zero-order chi connectivity index (χ0) is 13.7. The molecule has 0 heterocycles. The third kappa shape index (κ3) is 3.32. The Morgan fingerprint density at radius 3 is 2.67 bits per heavy atom. The van der Waals surface area contributed by atoms with E-state index in [1.54, 1.807) is 7.05 Å². The van der Waals surface area contributed by atoms with Gasteiger partial charge in [-0.1, -0.05) is 6.07 Å². The number of nitrogens with zero attached hydrogens (tertiary/aromatic N) is 1.